The minimum absolute atomic E-state index is 0. The van der Waals surface area contributed by atoms with E-state index in [-0.39, 0.29) is 18.3 Å². The first kappa shape index (κ1) is 13.9. The molecule has 19 heavy (non-hydrogen) atoms. The molecule has 2 heterocycles. The predicted octanol–water partition coefficient (Wildman–Crippen LogP) is 3.70. The molecule has 2 N–H and O–H groups in total. The Hall–Kier alpha value is -1.52. The Balaban J connectivity index is 0.00000133. The van der Waals surface area contributed by atoms with Crippen molar-refractivity contribution < 1.29 is 4.79 Å². The zero-order chi connectivity index (χ0) is 12.5. The van der Waals surface area contributed by atoms with E-state index in [1.54, 1.807) is 0 Å². The fourth-order valence-corrected chi connectivity index (χ4v) is 3.00. The minimum atomic E-state index is -0.0200. The number of nitrogens with one attached hydrogen (secondary N) is 2. The zero-order valence-electron chi connectivity index (χ0n) is 10.5. The number of halogens is 1. The van der Waals surface area contributed by atoms with Gasteiger partial charge in [0.15, 0.2) is 0 Å². The van der Waals surface area contributed by atoms with Crippen molar-refractivity contribution in [3.05, 3.63) is 45.6 Å². The van der Waals surface area contributed by atoms with Crippen molar-refractivity contribution >= 4 is 41.0 Å². The Morgan fingerprint density at radius 3 is 2.95 bits per heavy atom. The van der Waals surface area contributed by atoms with Crippen molar-refractivity contribution in [2.75, 3.05) is 17.2 Å². The van der Waals surface area contributed by atoms with Gasteiger partial charge >= 0.3 is 0 Å². The van der Waals surface area contributed by atoms with Crippen LogP contribution >= 0.6 is 23.7 Å². The molecule has 0 fully saturated rings. The van der Waals surface area contributed by atoms with E-state index in [1.807, 2.05) is 30.5 Å². The molecule has 1 aliphatic heterocycles. The second-order valence-corrected chi connectivity index (χ2v) is 5.35. The highest BCUT2D eigenvalue weighted by molar-refractivity contribution is 7.12. The molecule has 0 atom stereocenters. The number of aryl methyl sites for hydroxylation is 1. The largest absolute Gasteiger partial charge is 0.384 e. The van der Waals surface area contributed by atoms with Crippen LogP contribution in [0.1, 0.15) is 20.8 Å². The van der Waals surface area contributed by atoms with E-state index in [0.717, 1.165) is 29.1 Å². The van der Waals surface area contributed by atoms with Gasteiger partial charge in [0.1, 0.15) is 0 Å². The number of fused-ring (bicyclic) bond motifs is 1. The van der Waals surface area contributed by atoms with E-state index in [2.05, 4.69) is 16.7 Å². The average molecular weight is 295 g/mol. The van der Waals surface area contributed by atoms with Gasteiger partial charge in [0.05, 0.1) is 4.88 Å². The molecule has 3 rings (SSSR count). The van der Waals surface area contributed by atoms with E-state index in [0.29, 0.717) is 0 Å². The quantitative estimate of drug-likeness (QED) is 0.887. The molecular formula is C14H15ClN2OS. The maximum atomic E-state index is 12.1. The zero-order valence-corrected chi connectivity index (χ0v) is 12.2. The van der Waals surface area contributed by atoms with Crippen LogP contribution in [0.2, 0.25) is 0 Å². The van der Waals surface area contributed by atoms with E-state index in [1.165, 1.54) is 22.6 Å². The first-order valence-corrected chi connectivity index (χ1v) is 6.84. The van der Waals surface area contributed by atoms with Crippen LogP contribution < -0.4 is 10.6 Å². The summed E-state index contributed by atoms with van der Waals surface area (Å²) >= 11 is 1.48. The summed E-state index contributed by atoms with van der Waals surface area (Å²) in [4.78, 5) is 12.9. The SMILES string of the molecule is Cc1ccsc1C(=O)Nc1ccc2c(c1)CCN2.Cl. The van der Waals surface area contributed by atoms with Gasteiger partial charge < -0.3 is 10.6 Å². The van der Waals surface area contributed by atoms with E-state index in [4.69, 9.17) is 0 Å². The number of anilines is 2. The molecular weight excluding hydrogens is 280 g/mol. The Bertz CT molecular complexity index is 609. The summed E-state index contributed by atoms with van der Waals surface area (Å²) in [6.07, 6.45) is 1.02. The second-order valence-electron chi connectivity index (χ2n) is 4.44. The van der Waals surface area contributed by atoms with Crippen molar-refractivity contribution in [2.24, 2.45) is 0 Å². The summed E-state index contributed by atoms with van der Waals surface area (Å²) in [5, 5.41) is 8.21. The van der Waals surface area contributed by atoms with E-state index >= 15 is 0 Å². The molecule has 1 aromatic heterocycles. The lowest BCUT2D eigenvalue weighted by Crippen LogP contribution is -2.11. The normalized spacial score (nSPS) is 12.3. The molecule has 0 radical (unpaired) electrons. The maximum Gasteiger partial charge on any atom is 0.265 e. The highest BCUT2D eigenvalue weighted by Gasteiger charge is 2.13. The van der Waals surface area contributed by atoms with E-state index in [9.17, 15) is 4.79 Å². The van der Waals surface area contributed by atoms with Gasteiger partial charge in [-0.2, -0.15) is 0 Å². The third-order valence-corrected chi connectivity index (χ3v) is 4.16. The standard InChI is InChI=1S/C14H14N2OS.ClH/c1-9-5-7-18-13(9)14(17)16-11-2-3-12-10(8-11)4-6-15-12;/h2-3,5,7-8,15H,4,6H2,1H3,(H,16,17);1H. The van der Waals surface area contributed by atoms with Gasteiger partial charge in [0, 0.05) is 17.9 Å². The number of thiophene rings is 1. The molecule has 0 saturated heterocycles. The van der Waals surface area contributed by atoms with Gasteiger partial charge in [0.2, 0.25) is 0 Å². The Kier molecular flexibility index (Phi) is 4.12. The molecule has 0 bridgehead atoms. The van der Waals surface area contributed by atoms with Crippen molar-refractivity contribution in [1.29, 1.82) is 0 Å². The van der Waals surface area contributed by atoms with Gasteiger partial charge in [0.25, 0.3) is 5.91 Å². The van der Waals surface area contributed by atoms with Gasteiger partial charge in [-0.3, -0.25) is 4.79 Å². The van der Waals surface area contributed by atoms with Crippen molar-refractivity contribution in [3.8, 4) is 0 Å². The maximum absolute atomic E-state index is 12.1. The Morgan fingerprint density at radius 2 is 2.21 bits per heavy atom. The summed E-state index contributed by atoms with van der Waals surface area (Å²) < 4.78 is 0. The topological polar surface area (TPSA) is 41.1 Å². The van der Waals surface area contributed by atoms with Crippen molar-refractivity contribution in [2.45, 2.75) is 13.3 Å². The number of carbonyl (C=O) groups excluding carboxylic acids is 1. The number of amides is 1. The number of hydrogen-bond acceptors (Lipinski definition) is 3. The second kappa shape index (κ2) is 5.63. The lowest BCUT2D eigenvalue weighted by molar-refractivity contribution is 0.103. The van der Waals surface area contributed by atoms with Crippen LogP contribution in [0.25, 0.3) is 0 Å². The van der Waals surface area contributed by atoms with Crippen LogP contribution in [0.3, 0.4) is 0 Å². The number of rotatable bonds is 2. The molecule has 100 valence electrons. The predicted molar refractivity (Wildman–Crippen MR) is 82.9 cm³/mol. The number of carbonyl (C=O) groups is 1. The van der Waals surface area contributed by atoms with Gasteiger partial charge in [-0.15, -0.1) is 23.7 Å². The lowest BCUT2D eigenvalue weighted by Gasteiger charge is -2.06. The molecule has 0 unspecified atom stereocenters. The molecule has 0 aliphatic carbocycles. The fraction of sp³-hybridized carbons (Fsp3) is 0.214. The summed E-state index contributed by atoms with van der Waals surface area (Å²) in [6.45, 7) is 2.94. The highest BCUT2D eigenvalue weighted by Crippen LogP contribution is 2.26. The van der Waals surface area contributed by atoms with Gasteiger partial charge in [-0.25, -0.2) is 0 Å². The number of hydrogen-bond donors (Lipinski definition) is 2. The van der Waals surface area contributed by atoms with Gasteiger partial charge in [-0.05, 0) is 54.1 Å². The molecule has 1 amide bonds. The molecule has 0 spiro atoms. The highest BCUT2D eigenvalue weighted by atomic mass is 35.5. The molecule has 1 aromatic carbocycles. The smallest absolute Gasteiger partial charge is 0.265 e. The summed E-state index contributed by atoms with van der Waals surface area (Å²) in [7, 11) is 0. The first-order valence-electron chi connectivity index (χ1n) is 5.96. The molecule has 0 saturated carbocycles. The van der Waals surface area contributed by atoms with Crippen molar-refractivity contribution in [3.63, 3.8) is 0 Å². The molecule has 2 aromatic rings. The lowest BCUT2D eigenvalue weighted by atomic mass is 10.1. The van der Waals surface area contributed by atoms with Crippen LogP contribution in [0, 0.1) is 6.92 Å². The van der Waals surface area contributed by atoms with Crippen LogP contribution in [0.15, 0.2) is 29.6 Å². The monoisotopic (exact) mass is 294 g/mol. The first-order chi connectivity index (χ1) is 8.74. The Labute approximate surface area is 122 Å². The molecule has 5 heteroatoms. The summed E-state index contributed by atoms with van der Waals surface area (Å²) in [6, 6.07) is 7.99. The van der Waals surface area contributed by atoms with Crippen LogP contribution in [-0.4, -0.2) is 12.5 Å². The minimum Gasteiger partial charge on any atom is -0.384 e. The van der Waals surface area contributed by atoms with Crippen molar-refractivity contribution in [1.82, 2.24) is 0 Å². The van der Waals surface area contributed by atoms with Crippen LogP contribution in [0.4, 0.5) is 11.4 Å². The van der Waals surface area contributed by atoms with Crippen LogP contribution in [-0.2, 0) is 6.42 Å². The average Bonchev–Trinajstić information content (AvgIpc) is 2.96. The van der Waals surface area contributed by atoms with Gasteiger partial charge in [-0.1, -0.05) is 0 Å². The summed E-state index contributed by atoms with van der Waals surface area (Å²) in [5.41, 5.74) is 4.35. The van der Waals surface area contributed by atoms with E-state index < -0.39 is 0 Å². The van der Waals surface area contributed by atoms with Crippen LogP contribution in [0.5, 0.6) is 0 Å². The fourth-order valence-electron chi connectivity index (χ4n) is 2.18. The molecule has 3 nitrogen and oxygen atoms in total. The molecule has 1 aliphatic rings. The Morgan fingerprint density at radius 1 is 1.37 bits per heavy atom. The third-order valence-electron chi connectivity index (χ3n) is 3.14. The third kappa shape index (κ3) is 2.74. The number of benzene rings is 1. The summed E-state index contributed by atoms with van der Waals surface area (Å²) in [5.74, 6) is -0.0200.